The number of carbonyl (C=O) groups is 1. The Labute approximate surface area is 185 Å². The summed E-state index contributed by atoms with van der Waals surface area (Å²) in [6.07, 6.45) is 4.38. The van der Waals surface area contributed by atoms with Crippen LogP contribution in [-0.2, 0) is 11.3 Å². The quantitative estimate of drug-likeness (QED) is 0.672. The third kappa shape index (κ3) is 6.57. The van der Waals surface area contributed by atoms with Crippen LogP contribution >= 0.6 is 0 Å². The molecule has 166 valence electrons. The largest absolute Gasteiger partial charge is 0.493 e. The third-order valence-corrected chi connectivity index (χ3v) is 5.72. The normalized spacial score (nSPS) is 16.2. The first-order valence-corrected chi connectivity index (χ1v) is 10.8. The fraction of sp³-hybridized carbons (Fsp3) is 0.400. The van der Waals surface area contributed by atoms with E-state index in [4.69, 9.17) is 9.47 Å². The molecule has 1 heterocycles. The van der Waals surface area contributed by atoms with Crippen molar-refractivity contribution in [1.82, 2.24) is 15.1 Å². The first-order valence-electron chi connectivity index (χ1n) is 10.8. The minimum absolute atomic E-state index is 0.0483. The van der Waals surface area contributed by atoms with Crippen molar-refractivity contribution in [2.45, 2.75) is 19.5 Å². The average molecular weight is 424 g/mol. The van der Waals surface area contributed by atoms with Crippen LogP contribution < -0.4 is 14.8 Å². The highest BCUT2D eigenvalue weighted by molar-refractivity contribution is 5.81. The molecule has 6 nitrogen and oxygen atoms in total. The molecule has 1 aliphatic heterocycles. The molecule has 2 aromatic rings. The predicted molar refractivity (Wildman–Crippen MR) is 124 cm³/mol. The van der Waals surface area contributed by atoms with Crippen molar-refractivity contribution in [2.75, 3.05) is 46.9 Å². The molecule has 1 aliphatic rings. The molecular formula is C25H33N3O3. The Hall–Kier alpha value is -2.83. The van der Waals surface area contributed by atoms with Crippen LogP contribution in [0.1, 0.15) is 18.1 Å². The molecule has 2 aromatic carbocycles. The minimum Gasteiger partial charge on any atom is -0.493 e. The van der Waals surface area contributed by atoms with E-state index in [0.29, 0.717) is 18.0 Å². The van der Waals surface area contributed by atoms with Gasteiger partial charge in [-0.15, -0.1) is 0 Å². The number of ether oxygens (including phenoxy) is 2. The lowest BCUT2D eigenvalue weighted by atomic mass is 10.1. The lowest BCUT2D eigenvalue weighted by Crippen LogP contribution is -2.53. The third-order valence-electron chi connectivity index (χ3n) is 5.72. The molecule has 1 saturated heterocycles. The number of rotatable bonds is 9. The van der Waals surface area contributed by atoms with Gasteiger partial charge in [-0.2, -0.15) is 0 Å². The van der Waals surface area contributed by atoms with E-state index in [-0.39, 0.29) is 11.9 Å². The number of methoxy groups -OCH3 is 2. The number of piperazine rings is 1. The summed E-state index contributed by atoms with van der Waals surface area (Å²) in [7, 11) is 3.22. The maximum atomic E-state index is 12.7. The molecule has 1 amide bonds. The van der Waals surface area contributed by atoms with Crippen molar-refractivity contribution >= 4 is 12.0 Å². The molecular weight excluding hydrogens is 390 g/mol. The molecule has 0 spiro atoms. The molecule has 0 aromatic heterocycles. The first kappa shape index (κ1) is 22.8. The lowest BCUT2D eigenvalue weighted by Gasteiger charge is -2.37. The van der Waals surface area contributed by atoms with Crippen LogP contribution in [0.25, 0.3) is 6.08 Å². The van der Waals surface area contributed by atoms with Crippen molar-refractivity contribution in [3.05, 3.63) is 65.7 Å². The lowest BCUT2D eigenvalue weighted by molar-refractivity contribution is -0.126. The molecule has 0 bridgehead atoms. The van der Waals surface area contributed by atoms with E-state index in [1.807, 2.05) is 31.2 Å². The first-order chi connectivity index (χ1) is 15.1. The number of hydrogen-bond acceptors (Lipinski definition) is 5. The second-order valence-electron chi connectivity index (χ2n) is 7.73. The van der Waals surface area contributed by atoms with Gasteiger partial charge in [-0.3, -0.25) is 14.6 Å². The molecule has 3 rings (SSSR count). The number of nitrogens with zero attached hydrogens (tertiary/aromatic N) is 2. The van der Waals surface area contributed by atoms with Gasteiger partial charge in [0.2, 0.25) is 5.91 Å². The average Bonchev–Trinajstić information content (AvgIpc) is 2.83. The Balaban J connectivity index is 1.42. The van der Waals surface area contributed by atoms with Gasteiger partial charge in [-0.05, 0) is 30.2 Å². The van der Waals surface area contributed by atoms with Crippen LogP contribution in [0.4, 0.5) is 0 Å². The van der Waals surface area contributed by atoms with Gasteiger partial charge < -0.3 is 14.8 Å². The summed E-state index contributed by atoms with van der Waals surface area (Å²) in [6.45, 7) is 7.10. The fourth-order valence-electron chi connectivity index (χ4n) is 3.73. The van der Waals surface area contributed by atoms with Crippen LogP contribution in [0, 0.1) is 0 Å². The van der Waals surface area contributed by atoms with Gasteiger partial charge in [0, 0.05) is 39.3 Å². The van der Waals surface area contributed by atoms with Crippen LogP contribution in [0.15, 0.2) is 54.6 Å². The summed E-state index contributed by atoms with van der Waals surface area (Å²) < 4.78 is 10.6. The summed E-state index contributed by atoms with van der Waals surface area (Å²) in [4.78, 5) is 17.3. The molecule has 1 atom stereocenters. The SMILES string of the molecule is COc1ccc(CNC(=O)[C@@H](C)N2CCN(C/C=C/c3ccccc3)CC2)cc1OC. The van der Waals surface area contributed by atoms with Gasteiger partial charge >= 0.3 is 0 Å². The molecule has 0 radical (unpaired) electrons. The van der Waals surface area contributed by atoms with Crippen LogP contribution in [-0.4, -0.2) is 68.7 Å². The van der Waals surface area contributed by atoms with Gasteiger partial charge in [-0.25, -0.2) is 0 Å². The minimum atomic E-state index is -0.151. The second kappa shape index (κ2) is 11.5. The molecule has 6 heteroatoms. The summed E-state index contributed by atoms with van der Waals surface area (Å²) in [5.41, 5.74) is 2.20. The number of nitrogens with one attached hydrogen (secondary N) is 1. The van der Waals surface area contributed by atoms with Crippen LogP contribution in [0.5, 0.6) is 11.5 Å². The van der Waals surface area contributed by atoms with Crippen LogP contribution in [0.2, 0.25) is 0 Å². The molecule has 1 N–H and O–H groups in total. The van der Waals surface area contributed by atoms with Crippen LogP contribution in [0.3, 0.4) is 0 Å². The number of benzene rings is 2. The van der Waals surface area contributed by atoms with Crippen molar-refractivity contribution in [1.29, 1.82) is 0 Å². The zero-order chi connectivity index (χ0) is 22.1. The second-order valence-corrected chi connectivity index (χ2v) is 7.73. The molecule has 1 fully saturated rings. The Bertz CT molecular complexity index is 862. The van der Waals surface area contributed by atoms with Gasteiger partial charge in [0.1, 0.15) is 0 Å². The Morgan fingerprint density at radius 3 is 2.42 bits per heavy atom. The smallest absolute Gasteiger partial charge is 0.237 e. The van der Waals surface area contributed by atoms with Gasteiger partial charge in [0.05, 0.1) is 20.3 Å². The van der Waals surface area contributed by atoms with Crippen molar-refractivity contribution in [3.8, 4) is 11.5 Å². The van der Waals surface area contributed by atoms with E-state index in [9.17, 15) is 4.79 Å². The Morgan fingerprint density at radius 2 is 1.74 bits per heavy atom. The van der Waals surface area contributed by atoms with E-state index in [1.165, 1.54) is 5.56 Å². The molecule has 0 saturated carbocycles. The summed E-state index contributed by atoms with van der Waals surface area (Å²) in [5, 5.41) is 3.05. The molecule has 31 heavy (non-hydrogen) atoms. The molecule has 0 unspecified atom stereocenters. The van der Waals surface area contributed by atoms with Crippen molar-refractivity contribution < 1.29 is 14.3 Å². The topological polar surface area (TPSA) is 54.0 Å². The summed E-state index contributed by atoms with van der Waals surface area (Å²) >= 11 is 0. The maximum Gasteiger partial charge on any atom is 0.237 e. The highest BCUT2D eigenvalue weighted by Gasteiger charge is 2.25. The molecule has 0 aliphatic carbocycles. The van der Waals surface area contributed by atoms with Crippen molar-refractivity contribution in [3.63, 3.8) is 0 Å². The van der Waals surface area contributed by atoms with Gasteiger partial charge in [0.25, 0.3) is 0 Å². The number of carbonyl (C=O) groups excluding carboxylic acids is 1. The summed E-state index contributed by atoms with van der Waals surface area (Å²) in [6, 6.07) is 15.9. The Morgan fingerprint density at radius 1 is 1.03 bits per heavy atom. The highest BCUT2D eigenvalue weighted by atomic mass is 16.5. The number of amides is 1. The maximum absolute atomic E-state index is 12.7. The Kier molecular flexibility index (Phi) is 8.50. The highest BCUT2D eigenvalue weighted by Crippen LogP contribution is 2.27. The number of hydrogen-bond donors (Lipinski definition) is 1. The monoisotopic (exact) mass is 423 g/mol. The van der Waals surface area contributed by atoms with Crippen molar-refractivity contribution in [2.24, 2.45) is 0 Å². The zero-order valence-electron chi connectivity index (χ0n) is 18.7. The van der Waals surface area contributed by atoms with E-state index in [2.05, 4.69) is 51.5 Å². The standard InChI is InChI=1S/C25H33N3O3/c1-20(25(29)26-19-22-11-12-23(30-2)24(18-22)31-3)28-16-14-27(15-17-28)13-7-10-21-8-5-4-6-9-21/h4-12,18,20H,13-17,19H2,1-3H3,(H,26,29)/b10-7+/t20-/m1/s1. The van der Waals surface area contributed by atoms with E-state index in [0.717, 1.165) is 38.3 Å². The fourth-order valence-corrected chi connectivity index (χ4v) is 3.73. The van der Waals surface area contributed by atoms with E-state index >= 15 is 0 Å². The van der Waals surface area contributed by atoms with E-state index in [1.54, 1.807) is 14.2 Å². The zero-order valence-corrected chi connectivity index (χ0v) is 18.7. The summed E-state index contributed by atoms with van der Waals surface area (Å²) in [5.74, 6) is 1.40. The van der Waals surface area contributed by atoms with E-state index < -0.39 is 0 Å². The van der Waals surface area contributed by atoms with Gasteiger partial charge in [0.15, 0.2) is 11.5 Å². The predicted octanol–water partition coefficient (Wildman–Crippen LogP) is 3.04. The van der Waals surface area contributed by atoms with Gasteiger partial charge in [-0.1, -0.05) is 48.6 Å².